The zero-order chi connectivity index (χ0) is 19.2. The number of benzene rings is 1. The third-order valence-electron chi connectivity index (χ3n) is 3.50. The Morgan fingerprint density at radius 3 is 2.73 bits per heavy atom. The maximum atomic E-state index is 12.4. The van der Waals surface area contributed by atoms with E-state index in [0.717, 1.165) is 24.3 Å². The molecule has 142 valence electrons. The molecule has 1 aromatic heterocycles. The van der Waals surface area contributed by atoms with Gasteiger partial charge >= 0.3 is 0 Å². The molecule has 0 aliphatic heterocycles. The van der Waals surface area contributed by atoms with Crippen molar-refractivity contribution in [1.82, 2.24) is 14.9 Å². The molecule has 9 heteroatoms. The van der Waals surface area contributed by atoms with Crippen LogP contribution in [0.15, 0.2) is 29.2 Å². The summed E-state index contributed by atoms with van der Waals surface area (Å²) in [6, 6.07) is 5.94. The number of rotatable bonds is 9. The Hall–Kier alpha value is -1.84. The van der Waals surface area contributed by atoms with Gasteiger partial charge in [-0.25, -0.2) is 13.1 Å². The average molecular weight is 397 g/mol. The molecular formula is C17H24N4O3S2. The molecule has 1 amide bonds. The van der Waals surface area contributed by atoms with Crippen LogP contribution in [-0.4, -0.2) is 31.1 Å². The first-order chi connectivity index (χ1) is 12.3. The summed E-state index contributed by atoms with van der Waals surface area (Å²) in [6.45, 7) is 6.53. The Balaban J connectivity index is 2.09. The van der Waals surface area contributed by atoms with Crippen molar-refractivity contribution in [3.63, 3.8) is 0 Å². The summed E-state index contributed by atoms with van der Waals surface area (Å²) in [7, 11) is -3.63. The molecule has 0 bridgehead atoms. The molecule has 0 fully saturated rings. The van der Waals surface area contributed by atoms with Gasteiger partial charge in [0.2, 0.25) is 15.2 Å². The topological polar surface area (TPSA) is 101 Å². The fraction of sp³-hybridized carbons (Fsp3) is 0.471. The van der Waals surface area contributed by atoms with Gasteiger partial charge in [0.25, 0.3) is 5.91 Å². The highest BCUT2D eigenvalue weighted by atomic mass is 32.2. The van der Waals surface area contributed by atoms with E-state index in [1.165, 1.54) is 23.5 Å². The molecular weight excluding hydrogens is 372 g/mol. The van der Waals surface area contributed by atoms with Crippen LogP contribution in [0.5, 0.6) is 0 Å². The van der Waals surface area contributed by atoms with Crippen molar-refractivity contribution in [2.45, 2.75) is 44.9 Å². The van der Waals surface area contributed by atoms with Crippen LogP contribution in [0.3, 0.4) is 0 Å². The quantitative estimate of drug-likeness (QED) is 0.634. The van der Waals surface area contributed by atoms with Gasteiger partial charge in [-0.2, -0.15) is 0 Å². The molecule has 0 unspecified atom stereocenters. The van der Waals surface area contributed by atoms with Crippen molar-refractivity contribution in [2.24, 2.45) is 5.92 Å². The van der Waals surface area contributed by atoms with E-state index >= 15 is 0 Å². The van der Waals surface area contributed by atoms with Gasteiger partial charge in [0, 0.05) is 18.5 Å². The second-order valence-electron chi connectivity index (χ2n) is 6.33. The maximum absolute atomic E-state index is 12.4. The molecule has 2 rings (SSSR count). The summed E-state index contributed by atoms with van der Waals surface area (Å²) in [4.78, 5) is 12.5. The van der Waals surface area contributed by atoms with Crippen LogP contribution >= 0.6 is 11.3 Å². The second kappa shape index (κ2) is 9.20. The minimum atomic E-state index is -3.63. The molecule has 1 heterocycles. The normalized spacial score (nSPS) is 11.7. The van der Waals surface area contributed by atoms with E-state index < -0.39 is 15.9 Å². The Bertz CT molecular complexity index is 847. The first-order valence-corrected chi connectivity index (χ1v) is 10.8. The highest BCUT2D eigenvalue weighted by Gasteiger charge is 2.17. The second-order valence-corrected chi connectivity index (χ2v) is 9.16. The van der Waals surface area contributed by atoms with Gasteiger partial charge in [-0.1, -0.05) is 44.6 Å². The fourth-order valence-corrected chi connectivity index (χ4v) is 4.24. The van der Waals surface area contributed by atoms with Gasteiger partial charge in [-0.15, -0.1) is 10.2 Å². The number of sulfonamides is 1. The third kappa shape index (κ3) is 5.86. The molecule has 0 aliphatic rings. The molecule has 0 radical (unpaired) electrons. The lowest BCUT2D eigenvalue weighted by atomic mass is 10.1. The number of amides is 1. The van der Waals surface area contributed by atoms with E-state index in [-0.39, 0.29) is 10.5 Å². The van der Waals surface area contributed by atoms with Crippen molar-refractivity contribution in [2.75, 3.05) is 11.9 Å². The van der Waals surface area contributed by atoms with Crippen LogP contribution in [0.4, 0.5) is 5.13 Å². The number of hydrogen-bond acceptors (Lipinski definition) is 6. The largest absolute Gasteiger partial charge is 0.296 e. The van der Waals surface area contributed by atoms with Crippen molar-refractivity contribution in [3.05, 3.63) is 34.8 Å². The highest BCUT2D eigenvalue weighted by molar-refractivity contribution is 7.89. The minimum absolute atomic E-state index is 0.0685. The molecule has 2 N–H and O–H groups in total. The van der Waals surface area contributed by atoms with Crippen molar-refractivity contribution in [3.8, 4) is 0 Å². The molecule has 0 atom stereocenters. The highest BCUT2D eigenvalue weighted by Crippen LogP contribution is 2.19. The van der Waals surface area contributed by atoms with E-state index in [2.05, 4.69) is 34.1 Å². The van der Waals surface area contributed by atoms with Crippen LogP contribution in [0.25, 0.3) is 0 Å². The van der Waals surface area contributed by atoms with E-state index in [4.69, 9.17) is 0 Å². The molecule has 0 aliphatic carbocycles. The Morgan fingerprint density at radius 2 is 2.04 bits per heavy atom. The predicted octanol–water partition coefficient (Wildman–Crippen LogP) is 3.07. The first-order valence-electron chi connectivity index (χ1n) is 8.55. The molecule has 7 nitrogen and oxygen atoms in total. The lowest BCUT2D eigenvalue weighted by molar-refractivity contribution is 0.102. The summed E-state index contributed by atoms with van der Waals surface area (Å²) in [5.41, 5.74) is 0.254. The number of carbonyl (C=O) groups is 1. The number of nitrogens with zero attached hydrogens (tertiary/aromatic N) is 2. The van der Waals surface area contributed by atoms with E-state index in [0.29, 0.717) is 17.6 Å². The number of carbonyl (C=O) groups excluding carboxylic acids is 1. The SMILES string of the molecule is CCCCNS(=O)(=O)c1cccc(C(=O)Nc2nnc(CC(C)C)s2)c1. The number of aromatic nitrogens is 2. The van der Waals surface area contributed by atoms with E-state index in [9.17, 15) is 13.2 Å². The zero-order valence-electron chi connectivity index (χ0n) is 15.2. The Kier molecular flexibility index (Phi) is 7.24. The third-order valence-corrected chi connectivity index (χ3v) is 5.82. The number of hydrogen-bond donors (Lipinski definition) is 2. The van der Waals surface area contributed by atoms with Gasteiger partial charge in [0.1, 0.15) is 5.01 Å². The molecule has 0 saturated carbocycles. The van der Waals surface area contributed by atoms with Crippen molar-refractivity contribution >= 4 is 32.4 Å². The van der Waals surface area contributed by atoms with Gasteiger partial charge < -0.3 is 0 Å². The molecule has 1 aromatic carbocycles. The smallest absolute Gasteiger partial charge is 0.257 e. The molecule has 0 saturated heterocycles. The average Bonchev–Trinajstić information content (AvgIpc) is 3.01. The lowest BCUT2D eigenvalue weighted by Gasteiger charge is -2.08. The van der Waals surface area contributed by atoms with E-state index in [1.54, 1.807) is 12.1 Å². The summed E-state index contributed by atoms with van der Waals surface area (Å²) in [5.74, 6) is 0.0384. The van der Waals surface area contributed by atoms with Gasteiger partial charge in [-0.05, 0) is 30.5 Å². The van der Waals surface area contributed by atoms with Crippen LogP contribution < -0.4 is 10.0 Å². The summed E-state index contributed by atoms with van der Waals surface area (Å²) < 4.78 is 27.1. The van der Waals surface area contributed by atoms with Gasteiger partial charge in [-0.3, -0.25) is 10.1 Å². The number of anilines is 1. The predicted molar refractivity (Wildman–Crippen MR) is 103 cm³/mol. The van der Waals surface area contributed by atoms with Crippen LogP contribution in [0.2, 0.25) is 0 Å². The van der Waals surface area contributed by atoms with Gasteiger partial charge in [0.05, 0.1) is 4.90 Å². The number of nitrogens with one attached hydrogen (secondary N) is 2. The molecule has 2 aromatic rings. The van der Waals surface area contributed by atoms with Crippen LogP contribution in [-0.2, 0) is 16.4 Å². The summed E-state index contributed by atoms with van der Waals surface area (Å²) in [5, 5.41) is 11.9. The Morgan fingerprint density at radius 1 is 1.27 bits per heavy atom. The summed E-state index contributed by atoms with van der Waals surface area (Å²) >= 11 is 1.32. The van der Waals surface area contributed by atoms with Crippen molar-refractivity contribution in [1.29, 1.82) is 0 Å². The van der Waals surface area contributed by atoms with E-state index in [1.807, 2.05) is 6.92 Å². The van der Waals surface area contributed by atoms with Crippen LogP contribution in [0, 0.1) is 5.92 Å². The van der Waals surface area contributed by atoms with Crippen molar-refractivity contribution < 1.29 is 13.2 Å². The monoisotopic (exact) mass is 396 g/mol. The fourth-order valence-electron chi connectivity index (χ4n) is 2.18. The first kappa shape index (κ1) is 20.5. The standard InChI is InChI=1S/C17H24N4O3S2/c1-4-5-9-18-26(23,24)14-8-6-7-13(11-14)16(22)19-17-21-20-15(25-17)10-12(2)3/h6-8,11-12,18H,4-5,9-10H2,1-3H3,(H,19,21,22). The molecule has 26 heavy (non-hydrogen) atoms. The Labute approximate surface area is 158 Å². The van der Waals surface area contributed by atoms with Crippen LogP contribution in [0.1, 0.15) is 49.0 Å². The molecule has 0 spiro atoms. The lowest BCUT2D eigenvalue weighted by Crippen LogP contribution is -2.25. The number of unbranched alkanes of at least 4 members (excludes halogenated alkanes) is 1. The summed E-state index contributed by atoms with van der Waals surface area (Å²) in [6.07, 6.45) is 2.45. The van der Waals surface area contributed by atoms with Gasteiger partial charge in [0.15, 0.2) is 0 Å². The minimum Gasteiger partial charge on any atom is -0.296 e. The zero-order valence-corrected chi connectivity index (χ0v) is 16.8. The maximum Gasteiger partial charge on any atom is 0.257 e.